The van der Waals surface area contributed by atoms with Crippen molar-refractivity contribution >= 4 is 22.7 Å². The van der Waals surface area contributed by atoms with Crippen molar-refractivity contribution in [1.82, 2.24) is 10.3 Å². The molecule has 0 aliphatic carbocycles. The summed E-state index contributed by atoms with van der Waals surface area (Å²) in [5.74, 6) is 1.12. The summed E-state index contributed by atoms with van der Waals surface area (Å²) >= 11 is 1.90. The van der Waals surface area contributed by atoms with E-state index in [0.29, 0.717) is 6.04 Å². The van der Waals surface area contributed by atoms with Gasteiger partial charge in [-0.25, -0.2) is 0 Å². The average Bonchev–Trinajstić information content (AvgIpc) is 2.77. The van der Waals surface area contributed by atoms with Crippen LogP contribution in [0.2, 0.25) is 0 Å². The van der Waals surface area contributed by atoms with E-state index in [1.807, 2.05) is 11.8 Å². The summed E-state index contributed by atoms with van der Waals surface area (Å²) < 4.78 is 0. The Balaban J connectivity index is 1.98. The topological polar surface area (TPSA) is 27.8 Å². The summed E-state index contributed by atoms with van der Waals surface area (Å²) in [5.41, 5.74) is 1.23. The zero-order valence-corrected chi connectivity index (χ0v) is 11.3. The van der Waals surface area contributed by atoms with Gasteiger partial charge in [-0.3, -0.25) is 0 Å². The Kier molecular flexibility index (Phi) is 4.51. The molecule has 0 saturated carbocycles. The lowest BCUT2D eigenvalue weighted by Crippen LogP contribution is -2.30. The molecule has 0 amide bonds. The van der Waals surface area contributed by atoms with Crippen LogP contribution in [0.25, 0.3) is 10.9 Å². The van der Waals surface area contributed by atoms with Gasteiger partial charge < -0.3 is 10.3 Å². The third kappa shape index (κ3) is 3.27. The summed E-state index contributed by atoms with van der Waals surface area (Å²) in [4.78, 5) is 3.45. The van der Waals surface area contributed by atoms with E-state index >= 15 is 0 Å². The number of rotatable bonds is 6. The number of H-pyrrole nitrogens is 1. The van der Waals surface area contributed by atoms with E-state index in [0.717, 1.165) is 12.3 Å². The molecular formula is C14H20N2S. The number of para-hydroxylation sites is 1. The van der Waals surface area contributed by atoms with Gasteiger partial charge in [0.15, 0.2) is 0 Å². The molecule has 1 atom stereocenters. The second-order valence-electron chi connectivity index (χ2n) is 4.19. The van der Waals surface area contributed by atoms with E-state index in [1.54, 1.807) is 0 Å². The maximum absolute atomic E-state index is 3.50. The molecule has 0 saturated heterocycles. The van der Waals surface area contributed by atoms with Gasteiger partial charge in [0.25, 0.3) is 0 Å². The molecule has 0 aliphatic rings. The molecule has 17 heavy (non-hydrogen) atoms. The van der Waals surface area contributed by atoms with Crippen molar-refractivity contribution < 1.29 is 0 Å². The van der Waals surface area contributed by atoms with Crippen LogP contribution in [0.4, 0.5) is 0 Å². The number of hydrogen-bond donors (Lipinski definition) is 2. The predicted molar refractivity (Wildman–Crippen MR) is 76.8 cm³/mol. The zero-order chi connectivity index (χ0) is 12.1. The largest absolute Gasteiger partial charge is 0.350 e. The van der Waals surface area contributed by atoms with Crippen LogP contribution in [-0.2, 0) is 0 Å². The Morgan fingerprint density at radius 3 is 2.82 bits per heavy atom. The first-order chi connectivity index (χ1) is 8.33. The van der Waals surface area contributed by atoms with E-state index in [-0.39, 0.29) is 0 Å². The third-order valence-corrected chi connectivity index (χ3v) is 4.03. The van der Waals surface area contributed by atoms with Gasteiger partial charge in [-0.05, 0) is 25.1 Å². The lowest BCUT2D eigenvalue weighted by atomic mass is 10.2. The summed E-state index contributed by atoms with van der Waals surface area (Å²) in [6, 6.07) is 11.3. The molecular weight excluding hydrogens is 228 g/mol. The summed E-state index contributed by atoms with van der Waals surface area (Å²) in [6.45, 7) is 5.45. The van der Waals surface area contributed by atoms with Crippen LogP contribution < -0.4 is 5.32 Å². The first-order valence-electron chi connectivity index (χ1n) is 6.27. The molecule has 1 aromatic carbocycles. The van der Waals surface area contributed by atoms with Crippen molar-refractivity contribution in [3.63, 3.8) is 0 Å². The Morgan fingerprint density at radius 2 is 2.12 bits per heavy atom. The highest BCUT2D eigenvalue weighted by atomic mass is 32.2. The van der Waals surface area contributed by atoms with Crippen LogP contribution in [0, 0.1) is 0 Å². The zero-order valence-electron chi connectivity index (χ0n) is 10.5. The second kappa shape index (κ2) is 6.12. The lowest BCUT2D eigenvalue weighted by molar-refractivity contribution is 0.560. The molecule has 1 unspecified atom stereocenters. The number of nitrogens with one attached hydrogen (secondary N) is 2. The van der Waals surface area contributed by atoms with Crippen LogP contribution >= 0.6 is 11.8 Å². The SMILES string of the molecule is CCNC(CC)CSc1cc2ccccc2[nH]1. The number of fused-ring (bicyclic) bond motifs is 1. The molecule has 3 heteroatoms. The summed E-state index contributed by atoms with van der Waals surface area (Å²) in [5, 5.41) is 6.07. The van der Waals surface area contributed by atoms with Crippen LogP contribution in [0.3, 0.4) is 0 Å². The fourth-order valence-electron chi connectivity index (χ4n) is 1.92. The van der Waals surface area contributed by atoms with Crippen molar-refractivity contribution in [3.05, 3.63) is 30.3 Å². The van der Waals surface area contributed by atoms with Gasteiger partial charge in [0, 0.05) is 22.7 Å². The van der Waals surface area contributed by atoms with Crippen molar-refractivity contribution in [2.75, 3.05) is 12.3 Å². The van der Waals surface area contributed by atoms with E-state index in [9.17, 15) is 0 Å². The van der Waals surface area contributed by atoms with Crippen LogP contribution in [0.15, 0.2) is 35.4 Å². The van der Waals surface area contributed by atoms with E-state index in [2.05, 4.69) is 54.5 Å². The predicted octanol–water partition coefficient (Wildman–Crippen LogP) is 3.65. The number of thioether (sulfide) groups is 1. The molecule has 2 aromatic rings. The molecule has 2 nitrogen and oxygen atoms in total. The minimum Gasteiger partial charge on any atom is -0.350 e. The lowest BCUT2D eigenvalue weighted by Gasteiger charge is -2.14. The third-order valence-electron chi connectivity index (χ3n) is 2.93. The van der Waals surface area contributed by atoms with Crippen molar-refractivity contribution in [1.29, 1.82) is 0 Å². The Labute approximate surface area is 107 Å². The van der Waals surface area contributed by atoms with Gasteiger partial charge in [0.05, 0.1) is 5.03 Å². The van der Waals surface area contributed by atoms with Gasteiger partial charge in [-0.2, -0.15) is 0 Å². The number of benzene rings is 1. The van der Waals surface area contributed by atoms with Crippen LogP contribution in [0.1, 0.15) is 20.3 Å². The Bertz CT molecular complexity index is 431. The molecule has 0 spiro atoms. The first-order valence-corrected chi connectivity index (χ1v) is 7.26. The maximum atomic E-state index is 3.50. The Morgan fingerprint density at radius 1 is 1.29 bits per heavy atom. The quantitative estimate of drug-likeness (QED) is 0.764. The number of aromatic amines is 1. The Hall–Kier alpha value is -0.930. The number of hydrogen-bond acceptors (Lipinski definition) is 2. The van der Waals surface area contributed by atoms with Gasteiger partial charge in [-0.1, -0.05) is 32.0 Å². The molecule has 92 valence electrons. The standard InChI is InChI=1S/C14H20N2S/c1-3-12(15-4-2)10-17-14-9-11-7-5-6-8-13(11)16-14/h5-9,12,15-16H,3-4,10H2,1-2H3. The fraction of sp³-hybridized carbons (Fsp3) is 0.429. The molecule has 2 rings (SSSR count). The van der Waals surface area contributed by atoms with Gasteiger partial charge in [-0.15, -0.1) is 11.8 Å². The van der Waals surface area contributed by atoms with E-state index in [1.165, 1.54) is 22.3 Å². The molecule has 1 aromatic heterocycles. The number of aromatic nitrogens is 1. The normalized spacial score (nSPS) is 13.1. The molecule has 0 radical (unpaired) electrons. The van der Waals surface area contributed by atoms with E-state index in [4.69, 9.17) is 0 Å². The fourth-order valence-corrected chi connectivity index (χ4v) is 3.05. The van der Waals surface area contributed by atoms with Crippen LogP contribution in [0.5, 0.6) is 0 Å². The second-order valence-corrected chi connectivity index (χ2v) is 5.26. The highest BCUT2D eigenvalue weighted by Gasteiger charge is 2.06. The monoisotopic (exact) mass is 248 g/mol. The first kappa shape index (κ1) is 12.5. The summed E-state index contributed by atoms with van der Waals surface area (Å²) in [7, 11) is 0. The van der Waals surface area contributed by atoms with Crippen molar-refractivity contribution in [2.24, 2.45) is 0 Å². The van der Waals surface area contributed by atoms with Crippen molar-refractivity contribution in [2.45, 2.75) is 31.3 Å². The molecule has 0 fully saturated rings. The summed E-state index contributed by atoms with van der Waals surface area (Å²) in [6.07, 6.45) is 1.18. The molecule has 1 heterocycles. The molecule has 0 aliphatic heterocycles. The van der Waals surface area contributed by atoms with Crippen LogP contribution in [-0.4, -0.2) is 23.3 Å². The minimum atomic E-state index is 0.608. The maximum Gasteiger partial charge on any atom is 0.0733 e. The minimum absolute atomic E-state index is 0.608. The van der Waals surface area contributed by atoms with Gasteiger partial charge in [0.1, 0.15) is 0 Å². The highest BCUT2D eigenvalue weighted by Crippen LogP contribution is 2.23. The molecule has 0 bridgehead atoms. The van der Waals surface area contributed by atoms with E-state index < -0.39 is 0 Å². The van der Waals surface area contributed by atoms with Crippen molar-refractivity contribution in [3.8, 4) is 0 Å². The smallest absolute Gasteiger partial charge is 0.0733 e. The highest BCUT2D eigenvalue weighted by molar-refractivity contribution is 7.99. The van der Waals surface area contributed by atoms with Gasteiger partial charge >= 0.3 is 0 Å². The molecule has 2 N–H and O–H groups in total. The van der Waals surface area contributed by atoms with Gasteiger partial charge in [0.2, 0.25) is 0 Å². The average molecular weight is 248 g/mol.